The molecule has 2 N–H and O–H groups in total. The summed E-state index contributed by atoms with van der Waals surface area (Å²) in [5, 5.41) is 0.397. The molecule has 0 saturated heterocycles. The zero-order valence-corrected chi connectivity index (χ0v) is 16.6. The normalized spacial score (nSPS) is 11.4. The van der Waals surface area contributed by atoms with Gasteiger partial charge in [-0.1, -0.05) is 13.0 Å². The van der Waals surface area contributed by atoms with Crippen LogP contribution in [0.3, 0.4) is 0 Å². The predicted octanol–water partition coefficient (Wildman–Crippen LogP) is 2.59. The Kier molecular flexibility index (Phi) is 5.24. The minimum atomic E-state index is -3.92. The van der Waals surface area contributed by atoms with Gasteiger partial charge in [0.25, 0.3) is 15.9 Å². The first-order chi connectivity index (χ1) is 13.2. The number of hydrogen-bond acceptors (Lipinski definition) is 4. The van der Waals surface area contributed by atoms with E-state index in [2.05, 4.69) is 9.71 Å². The van der Waals surface area contributed by atoms with Crippen LogP contribution in [0.1, 0.15) is 23.0 Å². The van der Waals surface area contributed by atoms with Crippen LogP contribution in [0.5, 0.6) is 0 Å². The van der Waals surface area contributed by atoms with E-state index in [1.54, 1.807) is 32.3 Å². The molecule has 0 aliphatic heterocycles. The molecule has 1 heterocycles. The van der Waals surface area contributed by atoms with Gasteiger partial charge in [0.2, 0.25) is 0 Å². The molecule has 1 amide bonds. The van der Waals surface area contributed by atoms with Crippen LogP contribution < -0.4 is 10.2 Å². The van der Waals surface area contributed by atoms with Crippen LogP contribution in [0.15, 0.2) is 58.2 Å². The van der Waals surface area contributed by atoms with Crippen LogP contribution >= 0.6 is 0 Å². The molecule has 0 atom stereocenters. The summed E-state index contributed by atoms with van der Waals surface area (Å²) < 4.78 is 28.0. The fraction of sp³-hybridized carbons (Fsp3) is 0.200. The highest BCUT2D eigenvalue weighted by Gasteiger charge is 2.17. The Balaban J connectivity index is 1.97. The number of amides is 1. The molecule has 0 bridgehead atoms. The van der Waals surface area contributed by atoms with Gasteiger partial charge in [-0.15, -0.1) is 0 Å². The fourth-order valence-corrected chi connectivity index (χ4v) is 3.92. The highest BCUT2D eigenvalue weighted by molar-refractivity contribution is 7.92. The third-order valence-electron chi connectivity index (χ3n) is 4.32. The SMILES string of the molecule is CCc1cc(=O)c2cc(NS(=O)(=O)c3cccc(C(=O)N(C)C)c3)ccc2[nH]1. The average molecular weight is 399 g/mol. The van der Waals surface area contributed by atoms with E-state index in [1.807, 2.05) is 6.92 Å². The van der Waals surface area contributed by atoms with E-state index in [4.69, 9.17) is 0 Å². The van der Waals surface area contributed by atoms with Gasteiger partial charge >= 0.3 is 0 Å². The van der Waals surface area contributed by atoms with Gasteiger partial charge in [0.05, 0.1) is 4.90 Å². The van der Waals surface area contributed by atoms with Gasteiger partial charge < -0.3 is 9.88 Å². The molecule has 0 unspecified atom stereocenters. The number of anilines is 1. The second kappa shape index (κ2) is 7.47. The summed E-state index contributed by atoms with van der Waals surface area (Å²) in [6, 6.07) is 12.1. The van der Waals surface area contributed by atoms with Crippen LogP contribution in [0.4, 0.5) is 5.69 Å². The highest BCUT2D eigenvalue weighted by atomic mass is 32.2. The summed E-state index contributed by atoms with van der Waals surface area (Å²) in [5.74, 6) is -0.291. The maximum Gasteiger partial charge on any atom is 0.261 e. The topological polar surface area (TPSA) is 99.3 Å². The molecule has 2 aromatic carbocycles. The van der Waals surface area contributed by atoms with Crippen molar-refractivity contribution in [1.82, 2.24) is 9.88 Å². The summed E-state index contributed by atoms with van der Waals surface area (Å²) in [5.41, 5.74) is 1.82. The van der Waals surface area contributed by atoms with E-state index in [-0.39, 0.29) is 27.5 Å². The van der Waals surface area contributed by atoms with Crippen molar-refractivity contribution >= 4 is 32.5 Å². The second-order valence-corrected chi connectivity index (χ2v) is 8.29. The Morgan fingerprint density at radius 3 is 2.54 bits per heavy atom. The number of hydrogen-bond donors (Lipinski definition) is 2. The van der Waals surface area contributed by atoms with Gasteiger partial charge in [-0.3, -0.25) is 14.3 Å². The van der Waals surface area contributed by atoms with Gasteiger partial charge in [0.1, 0.15) is 0 Å². The standard InChI is InChI=1S/C20H21N3O4S/c1-4-14-12-19(24)17-11-15(8-9-18(17)21-14)22-28(26,27)16-7-5-6-13(10-16)20(25)23(2)3/h5-12,22H,4H2,1-3H3,(H,21,24). The number of benzene rings is 2. The molecule has 0 fully saturated rings. The number of H-pyrrole nitrogens is 1. The average Bonchev–Trinajstić information content (AvgIpc) is 2.67. The largest absolute Gasteiger partial charge is 0.358 e. The van der Waals surface area contributed by atoms with Crippen molar-refractivity contribution in [3.63, 3.8) is 0 Å². The van der Waals surface area contributed by atoms with E-state index in [1.165, 1.54) is 35.2 Å². The zero-order valence-electron chi connectivity index (χ0n) is 15.8. The lowest BCUT2D eigenvalue weighted by molar-refractivity contribution is 0.0827. The highest BCUT2D eigenvalue weighted by Crippen LogP contribution is 2.20. The van der Waals surface area contributed by atoms with Crippen LogP contribution in [-0.4, -0.2) is 38.3 Å². The van der Waals surface area contributed by atoms with E-state index in [0.29, 0.717) is 17.3 Å². The maximum atomic E-state index is 12.7. The summed E-state index contributed by atoms with van der Waals surface area (Å²) in [6.07, 6.45) is 0.696. The maximum absolute atomic E-state index is 12.7. The van der Waals surface area contributed by atoms with E-state index in [0.717, 1.165) is 5.69 Å². The smallest absolute Gasteiger partial charge is 0.261 e. The van der Waals surface area contributed by atoms with Crippen LogP contribution in [-0.2, 0) is 16.4 Å². The first kappa shape index (κ1) is 19.6. The lowest BCUT2D eigenvalue weighted by Gasteiger charge is -2.12. The van der Waals surface area contributed by atoms with Crippen molar-refractivity contribution in [2.75, 3.05) is 18.8 Å². The van der Waals surface area contributed by atoms with Crippen molar-refractivity contribution in [3.05, 3.63) is 70.0 Å². The third-order valence-corrected chi connectivity index (χ3v) is 5.70. The third kappa shape index (κ3) is 3.91. The first-order valence-corrected chi connectivity index (χ1v) is 10.2. The van der Waals surface area contributed by atoms with Crippen molar-refractivity contribution in [2.45, 2.75) is 18.2 Å². The molecular weight excluding hydrogens is 378 g/mol. The number of carbonyl (C=O) groups is 1. The minimum Gasteiger partial charge on any atom is -0.358 e. The number of pyridine rings is 1. The van der Waals surface area contributed by atoms with Crippen molar-refractivity contribution < 1.29 is 13.2 Å². The van der Waals surface area contributed by atoms with Crippen LogP contribution in [0.2, 0.25) is 0 Å². The second-order valence-electron chi connectivity index (χ2n) is 6.61. The molecule has 3 aromatic rings. The molecule has 3 rings (SSSR count). The summed E-state index contributed by atoms with van der Waals surface area (Å²) in [4.78, 5) is 28.9. The molecule has 1 aromatic heterocycles. The molecule has 0 saturated carbocycles. The van der Waals surface area contributed by atoms with E-state index in [9.17, 15) is 18.0 Å². The van der Waals surface area contributed by atoms with E-state index < -0.39 is 10.0 Å². The summed E-state index contributed by atoms with van der Waals surface area (Å²) in [6.45, 7) is 1.94. The molecule has 0 aliphatic carbocycles. The Morgan fingerprint density at radius 2 is 1.86 bits per heavy atom. The zero-order chi connectivity index (χ0) is 20.5. The minimum absolute atomic E-state index is 0.0319. The van der Waals surface area contributed by atoms with Gasteiger partial charge in [0.15, 0.2) is 5.43 Å². The number of aromatic nitrogens is 1. The molecular formula is C20H21N3O4S. The molecule has 146 valence electrons. The lowest BCUT2D eigenvalue weighted by Crippen LogP contribution is -2.22. The van der Waals surface area contributed by atoms with Gasteiger partial charge in [-0.25, -0.2) is 8.42 Å². The number of sulfonamides is 1. The Hall–Kier alpha value is -3.13. The first-order valence-electron chi connectivity index (χ1n) is 8.72. The van der Waals surface area contributed by atoms with Gasteiger partial charge in [-0.2, -0.15) is 0 Å². The lowest BCUT2D eigenvalue weighted by atomic mass is 10.1. The molecule has 7 nitrogen and oxygen atoms in total. The monoisotopic (exact) mass is 399 g/mol. The van der Waals surface area contributed by atoms with Gasteiger partial charge in [-0.05, 0) is 42.8 Å². The molecule has 0 spiro atoms. The summed E-state index contributed by atoms with van der Waals surface area (Å²) in [7, 11) is -0.731. The quantitative estimate of drug-likeness (QED) is 0.689. The van der Waals surface area contributed by atoms with Gasteiger partial charge in [0, 0.05) is 48.0 Å². The Morgan fingerprint density at radius 1 is 1.11 bits per heavy atom. The number of aromatic amines is 1. The van der Waals surface area contributed by atoms with Crippen molar-refractivity contribution in [1.29, 1.82) is 0 Å². The van der Waals surface area contributed by atoms with Crippen LogP contribution in [0.25, 0.3) is 10.9 Å². The summed E-state index contributed by atoms with van der Waals surface area (Å²) >= 11 is 0. The molecule has 0 aliphatic rings. The Bertz CT molecular complexity index is 1210. The Labute approximate surface area is 163 Å². The molecule has 28 heavy (non-hydrogen) atoms. The molecule has 0 radical (unpaired) electrons. The fourth-order valence-electron chi connectivity index (χ4n) is 2.82. The number of fused-ring (bicyclic) bond motifs is 1. The van der Waals surface area contributed by atoms with E-state index >= 15 is 0 Å². The number of nitrogens with zero attached hydrogens (tertiary/aromatic N) is 1. The number of rotatable bonds is 5. The number of nitrogens with one attached hydrogen (secondary N) is 2. The van der Waals surface area contributed by atoms with Crippen molar-refractivity contribution in [3.8, 4) is 0 Å². The van der Waals surface area contributed by atoms with Crippen LogP contribution in [0, 0.1) is 0 Å². The number of aryl methyl sites for hydroxylation is 1. The molecule has 8 heteroatoms. The predicted molar refractivity (Wildman–Crippen MR) is 109 cm³/mol. The number of carbonyl (C=O) groups excluding carboxylic acids is 1. The van der Waals surface area contributed by atoms with Crippen molar-refractivity contribution in [2.24, 2.45) is 0 Å².